The van der Waals surface area contributed by atoms with Gasteiger partial charge >= 0.3 is 7.12 Å². The lowest BCUT2D eigenvalue weighted by atomic mass is 9.75. The van der Waals surface area contributed by atoms with Crippen LogP contribution in [0.15, 0.2) is 71.8 Å². The number of pyridine rings is 1. The van der Waals surface area contributed by atoms with Crippen LogP contribution in [0, 0.1) is 5.92 Å². The van der Waals surface area contributed by atoms with Crippen molar-refractivity contribution in [2.24, 2.45) is 5.92 Å². The lowest BCUT2D eigenvalue weighted by Gasteiger charge is -2.24. The molecule has 8 nitrogen and oxygen atoms in total. The van der Waals surface area contributed by atoms with Crippen molar-refractivity contribution in [2.75, 3.05) is 0 Å². The van der Waals surface area contributed by atoms with Crippen LogP contribution in [0.1, 0.15) is 25.8 Å². The van der Waals surface area contributed by atoms with Gasteiger partial charge in [0.25, 0.3) is 0 Å². The summed E-state index contributed by atoms with van der Waals surface area (Å²) in [5.41, 5.74) is 1.05. The highest BCUT2D eigenvalue weighted by Gasteiger charge is 2.32. The van der Waals surface area contributed by atoms with Crippen molar-refractivity contribution in [2.45, 2.75) is 43.6 Å². The van der Waals surface area contributed by atoms with Gasteiger partial charge in [-0.25, -0.2) is 8.42 Å². The Hall–Kier alpha value is -2.79. The van der Waals surface area contributed by atoms with Crippen LogP contribution in [-0.4, -0.2) is 48.5 Å². The highest BCUT2D eigenvalue weighted by Crippen LogP contribution is 2.21. The number of sulfonamides is 1. The maximum Gasteiger partial charge on any atom is 0.475 e. The molecule has 0 radical (unpaired) electrons. The van der Waals surface area contributed by atoms with E-state index in [9.17, 15) is 23.3 Å². The third-order valence-corrected chi connectivity index (χ3v) is 6.70. The van der Waals surface area contributed by atoms with E-state index in [4.69, 9.17) is 0 Å². The van der Waals surface area contributed by atoms with Gasteiger partial charge in [-0.05, 0) is 36.5 Å². The van der Waals surface area contributed by atoms with Crippen LogP contribution in [0.2, 0.25) is 0 Å². The van der Waals surface area contributed by atoms with Gasteiger partial charge in [0.15, 0.2) is 0 Å². The molecule has 1 aromatic heterocycles. The Kier molecular flexibility index (Phi) is 8.20. The molecular formula is C23H28BN3O5S. The lowest BCUT2D eigenvalue weighted by molar-refractivity contribution is -0.123. The number of amides is 1. The molecule has 3 rings (SSSR count). The number of para-hydroxylation sites is 1. The van der Waals surface area contributed by atoms with Crippen molar-refractivity contribution < 1.29 is 23.3 Å². The standard InChI is InChI=1S/C23H28BN3O5S/c1-16(2)14-21(24(29)30)26-23(28)19(15-17-8-4-3-5-9-17)27-33(31,32)20-12-6-10-18-11-7-13-25-22(18)20/h3-13,16,19,21,27,29-30H,14-15H2,1-2H3,(H,26,28)/t19-,21-/m0/s1. The Morgan fingerprint density at radius 2 is 1.73 bits per heavy atom. The monoisotopic (exact) mass is 469 g/mol. The number of hydrogen-bond acceptors (Lipinski definition) is 6. The number of fused-ring (bicyclic) bond motifs is 1. The lowest BCUT2D eigenvalue weighted by Crippen LogP contribution is -2.54. The van der Waals surface area contributed by atoms with Gasteiger partial charge < -0.3 is 15.4 Å². The molecule has 10 heteroatoms. The van der Waals surface area contributed by atoms with E-state index in [2.05, 4.69) is 15.0 Å². The minimum atomic E-state index is -4.13. The van der Waals surface area contributed by atoms with Crippen molar-refractivity contribution >= 4 is 34.0 Å². The number of carbonyl (C=O) groups is 1. The molecule has 0 unspecified atom stereocenters. The Bertz CT molecular complexity index is 1180. The second kappa shape index (κ2) is 10.9. The van der Waals surface area contributed by atoms with E-state index in [0.29, 0.717) is 17.3 Å². The largest absolute Gasteiger partial charge is 0.475 e. The van der Waals surface area contributed by atoms with Crippen LogP contribution in [0.25, 0.3) is 10.9 Å². The first kappa shape index (κ1) is 24.8. The van der Waals surface area contributed by atoms with Crippen molar-refractivity contribution in [3.05, 3.63) is 72.4 Å². The topological polar surface area (TPSA) is 129 Å². The summed E-state index contributed by atoms with van der Waals surface area (Å²) in [6.45, 7) is 3.78. The SMILES string of the molecule is CC(C)C[C@H](NC(=O)[C@H](Cc1ccccc1)NS(=O)(=O)c1cccc2cccnc12)B(O)O. The quantitative estimate of drug-likeness (QED) is 0.335. The first-order valence-electron chi connectivity index (χ1n) is 10.7. The van der Waals surface area contributed by atoms with Crippen molar-refractivity contribution in [1.82, 2.24) is 15.0 Å². The van der Waals surface area contributed by atoms with Crippen LogP contribution in [0.5, 0.6) is 0 Å². The normalized spacial score (nSPS) is 13.6. The zero-order chi connectivity index (χ0) is 24.0. The minimum Gasteiger partial charge on any atom is -0.426 e. The van der Waals surface area contributed by atoms with Gasteiger partial charge in [0.2, 0.25) is 15.9 Å². The first-order chi connectivity index (χ1) is 15.7. The summed E-state index contributed by atoms with van der Waals surface area (Å²) < 4.78 is 29.1. The van der Waals surface area contributed by atoms with E-state index in [0.717, 1.165) is 5.56 Å². The molecule has 2 aromatic carbocycles. The molecule has 0 aliphatic heterocycles. The van der Waals surface area contributed by atoms with Gasteiger partial charge in [0.05, 0.1) is 11.5 Å². The van der Waals surface area contributed by atoms with Gasteiger partial charge in [-0.2, -0.15) is 4.72 Å². The fraction of sp³-hybridized carbons (Fsp3) is 0.304. The van der Waals surface area contributed by atoms with Gasteiger partial charge in [-0.15, -0.1) is 0 Å². The summed E-state index contributed by atoms with van der Waals surface area (Å²) in [7, 11) is -5.90. The Labute approximate surface area is 194 Å². The fourth-order valence-electron chi connectivity index (χ4n) is 3.63. The summed E-state index contributed by atoms with van der Waals surface area (Å²) >= 11 is 0. The summed E-state index contributed by atoms with van der Waals surface area (Å²) in [5, 5.41) is 22.7. The van der Waals surface area contributed by atoms with Crippen molar-refractivity contribution in [3.8, 4) is 0 Å². The summed E-state index contributed by atoms with van der Waals surface area (Å²) in [6, 6.07) is 16.1. The molecule has 3 aromatic rings. The second-order valence-electron chi connectivity index (χ2n) is 8.35. The smallest absolute Gasteiger partial charge is 0.426 e. The molecule has 1 heterocycles. The number of carbonyl (C=O) groups excluding carboxylic acids is 1. The number of nitrogens with zero attached hydrogens (tertiary/aromatic N) is 1. The molecular weight excluding hydrogens is 441 g/mol. The van der Waals surface area contributed by atoms with Crippen LogP contribution in [0.3, 0.4) is 0 Å². The fourth-order valence-corrected chi connectivity index (χ4v) is 5.00. The molecule has 33 heavy (non-hydrogen) atoms. The highest BCUT2D eigenvalue weighted by atomic mass is 32.2. The van der Waals surface area contributed by atoms with E-state index in [-0.39, 0.29) is 17.2 Å². The van der Waals surface area contributed by atoms with Crippen LogP contribution >= 0.6 is 0 Å². The molecule has 0 fully saturated rings. The van der Waals surface area contributed by atoms with E-state index in [1.165, 1.54) is 12.3 Å². The van der Waals surface area contributed by atoms with Crippen LogP contribution < -0.4 is 10.0 Å². The molecule has 174 valence electrons. The molecule has 2 atom stereocenters. The number of hydrogen-bond donors (Lipinski definition) is 4. The first-order valence-corrected chi connectivity index (χ1v) is 12.2. The molecule has 1 amide bonds. The molecule has 0 aliphatic carbocycles. The minimum absolute atomic E-state index is 0.0348. The third kappa shape index (κ3) is 6.61. The molecule has 0 bridgehead atoms. The molecule has 4 N–H and O–H groups in total. The van der Waals surface area contributed by atoms with Gasteiger partial charge in [0, 0.05) is 11.6 Å². The predicted molar refractivity (Wildman–Crippen MR) is 128 cm³/mol. The number of benzene rings is 2. The van der Waals surface area contributed by atoms with Gasteiger partial charge in [0.1, 0.15) is 10.9 Å². The van der Waals surface area contributed by atoms with Gasteiger partial charge in [-0.3, -0.25) is 9.78 Å². The van der Waals surface area contributed by atoms with Gasteiger partial charge in [-0.1, -0.05) is 62.4 Å². The van der Waals surface area contributed by atoms with E-state index in [1.807, 2.05) is 19.9 Å². The summed E-state index contributed by atoms with van der Waals surface area (Å²) in [4.78, 5) is 17.3. The molecule has 0 spiro atoms. The van der Waals surface area contributed by atoms with E-state index >= 15 is 0 Å². The second-order valence-corrected chi connectivity index (χ2v) is 10.0. The summed E-state index contributed by atoms with van der Waals surface area (Å²) in [6.07, 6.45) is 1.91. The Morgan fingerprint density at radius 3 is 2.39 bits per heavy atom. The van der Waals surface area contributed by atoms with E-state index in [1.54, 1.807) is 48.5 Å². The number of rotatable bonds is 10. The van der Waals surface area contributed by atoms with Crippen LogP contribution in [-0.2, 0) is 21.2 Å². The summed E-state index contributed by atoms with van der Waals surface area (Å²) in [5.74, 6) is -1.49. The zero-order valence-corrected chi connectivity index (χ0v) is 19.4. The average Bonchev–Trinajstić information content (AvgIpc) is 2.78. The van der Waals surface area contributed by atoms with Crippen LogP contribution in [0.4, 0.5) is 0 Å². The maximum absolute atomic E-state index is 13.3. The van der Waals surface area contributed by atoms with Crippen molar-refractivity contribution in [3.63, 3.8) is 0 Å². The zero-order valence-electron chi connectivity index (χ0n) is 18.5. The van der Waals surface area contributed by atoms with E-state index < -0.39 is 35.0 Å². The number of nitrogens with one attached hydrogen (secondary N) is 2. The maximum atomic E-state index is 13.3. The molecule has 0 saturated carbocycles. The highest BCUT2D eigenvalue weighted by molar-refractivity contribution is 7.89. The Balaban J connectivity index is 1.92. The average molecular weight is 469 g/mol. The Morgan fingerprint density at radius 1 is 1.03 bits per heavy atom. The third-order valence-electron chi connectivity index (χ3n) is 5.19. The molecule has 0 saturated heterocycles. The molecule has 0 aliphatic rings. The predicted octanol–water partition coefficient (Wildman–Crippen LogP) is 1.67. The number of aromatic nitrogens is 1. The van der Waals surface area contributed by atoms with Crippen molar-refractivity contribution in [1.29, 1.82) is 0 Å².